The zero-order valence-corrected chi connectivity index (χ0v) is 8.19. The van der Waals surface area contributed by atoms with E-state index in [0.717, 1.165) is 0 Å². The van der Waals surface area contributed by atoms with Gasteiger partial charge in [-0.3, -0.25) is 4.79 Å². The van der Waals surface area contributed by atoms with E-state index >= 15 is 0 Å². The summed E-state index contributed by atoms with van der Waals surface area (Å²) in [4.78, 5) is 20.7. The minimum atomic E-state index is -4.35. The van der Waals surface area contributed by atoms with E-state index in [1.54, 1.807) is 5.32 Å². The van der Waals surface area contributed by atoms with Crippen molar-refractivity contribution in [2.24, 2.45) is 5.73 Å². The van der Waals surface area contributed by atoms with Crippen LogP contribution in [-0.4, -0.2) is 40.8 Å². The zero-order valence-electron chi connectivity index (χ0n) is 7.37. The molecule has 0 aromatic rings. The second kappa shape index (κ2) is 5.69. The lowest BCUT2D eigenvalue weighted by atomic mass is 10.3. The molecule has 0 aliphatic carbocycles. The van der Waals surface area contributed by atoms with Gasteiger partial charge in [0.1, 0.15) is 6.04 Å². The van der Waals surface area contributed by atoms with Gasteiger partial charge in [0, 0.05) is 5.75 Å². The number of carbonyl (C=O) groups excluding carboxylic acids is 1. The van der Waals surface area contributed by atoms with Crippen molar-refractivity contribution in [3.05, 3.63) is 0 Å². The highest BCUT2D eigenvalue weighted by Gasteiger charge is 2.28. The Morgan fingerprint density at radius 1 is 1.47 bits per heavy atom. The number of hydrogen-bond acceptors (Lipinski definition) is 3. The first-order valence-corrected chi connectivity index (χ1v) is 4.81. The van der Waals surface area contributed by atoms with Crippen LogP contribution in [-0.2, 0) is 4.79 Å². The van der Waals surface area contributed by atoms with Crippen LogP contribution >= 0.6 is 11.8 Å². The van der Waals surface area contributed by atoms with Gasteiger partial charge in [-0.2, -0.15) is 13.2 Å². The molecule has 0 aromatic heterocycles. The standard InChI is InChI=1S/C6H9F3N2O3S/c7-6(8,9)2-15-1-3(4(10)12)11-5(13)14/h3,11H,1-2H2,(H2,10,12)(H,13,14). The summed E-state index contributed by atoms with van der Waals surface area (Å²) in [5, 5.41) is 9.96. The largest absolute Gasteiger partial charge is 0.465 e. The van der Waals surface area contributed by atoms with E-state index in [4.69, 9.17) is 10.8 Å². The Hall–Kier alpha value is -1.12. The first-order chi connectivity index (χ1) is 6.72. The second-order valence-electron chi connectivity index (χ2n) is 2.53. The summed E-state index contributed by atoms with van der Waals surface area (Å²) >= 11 is 0.387. The van der Waals surface area contributed by atoms with Crippen LogP contribution in [0.3, 0.4) is 0 Å². The van der Waals surface area contributed by atoms with E-state index in [1.807, 2.05) is 0 Å². The molecule has 0 aliphatic rings. The van der Waals surface area contributed by atoms with Gasteiger partial charge >= 0.3 is 12.3 Å². The van der Waals surface area contributed by atoms with Crippen molar-refractivity contribution < 1.29 is 27.9 Å². The number of rotatable bonds is 5. The maximum Gasteiger partial charge on any atom is 0.405 e. The number of amides is 2. The van der Waals surface area contributed by atoms with Crippen LogP contribution in [0.15, 0.2) is 0 Å². The zero-order chi connectivity index (χ0) is 12.1. The summed E-state index contributed by atoms with van der Waals surface area (Å²) in [7, 11) is 0. The molecule has 1 unspecified atom stereocenters. The normalized spacial score (nSPS) is 13.3. The van der Waals surface area contributed by atoms with Gasteiger partial charge in [0.25, 0.3) is 0 Å². The number of carbonyl (C=O) groups is 2. The van der Waals surface area contributed by atoms with Gasteiger partial charge in [-0.25, -0.2) is 4.79 Å². The SMILES string of the molecule is NC(=O)C(CSCC(F)(F)F)NC(=O)O. The molecule has 9 heteroatoms. The predicted octanol–water partition coefficient (Wildman–Crippen LogP) is 0.403. The number of hydrogen-bond donors (Lipinski definition) is 3. The van der Waals surface area contributed by atoms with Crippen LogP contribution in [0.2, 0.25) is 0 Å². The summed E-state index contributed by atoms with van der Waals surface area (Å²) in [6.07, 6.45) is -5.86. The first kappa shape index (κ1) is 13.9. The molecule has 0 saturated carbocycles. The molecule has 88 valence electrons. The minimum absolute atomic E-state index is 0.346. The predicted molar refractivity (Wildman–Crippen MR) is 47.5 cm³/mol. The van der Waals surface area contributed by atoms with Gasteiger partial charge in [-0.05, 0) is 0 Å². The van der Waals surface area contributed by atoms with E-state index in [-0.39, 0.29) is 5.75 Å². The fraction of sp³-hybridized carbons (Fsp3) is 0.667. The Morgan fingerprint density at radius 3 is 2.33 bits per heavy atom. The fourth-order valence-electron chi connectivity index (χ4n) is 0.636. The highest BCUT2D eigenvalue weighted by Crippen LogP contribution is 2.21. The topological polar surface area (TPSA) is 92.4 Å². The molecule has 5 nitrogen and oxygen atoms in total. The molecule has 1 atom stereocenters. The molecule has 0 bridgehead atoms. The lowest BCUT2D eigenvalue weighted by Crippen LogP contribution is -2.45. The van der Waals surface area contributed by atoms with Crippen LogP contribution in [0.1, 0.15) is 0 Å². The van der Waals surface area contributed by atoms with Gasteiger partial charge in [0.2, 0.25) is 5.91 Å². The second-order valence-corrected chi connectivity index (χ2v) is 3.57. The van der Waals surface area contributed by atoms with Gasteiger partial charge in [0.05, 0.1) is 5.75 Å². The molecular weight excluding hydrogens is 237 g/mol. The molecule has 2 amide bonds. The smallest absolute Gasteiger partial charge is 0.405 e. The number of nitrogens with one attached hydrogen (secondary N) is 1. The monoisotopic (exact) mass is 246 g/mol. The molecule has 0 radical (unpaired) electrons. The van der Waals surface area contributed by atoms with E-state index in [0.29, 0.717) is 11.8 Å². The lowest BCUT2D eigenvalue weighted by molar-refractivity contribution is -0.119. The van der Waals surface area contributed by atoms with Gasteiger partial charge in [-0.1, -0.05) is 0 Å². The summed E-state index contributed by atoms with van der Waals surface area (Å²) in [5.74, 6) is -2.51. The maximum atomic E-state index is 11.7. The number of carboxylic acid groups (broad SMARTS) is 1. The van der Waals surface area contributed by atoms with E-state index in [9.17, 15) is 22.8 Å². The third kappa shape index (κ3) is 7.91. The van der Waals surface area contributed by atoms with Crippen molar-refractivity contribution in [3.63, 3.8) is 0 Å². The van der Waals surface area contributed by atoms with Crippen molar-refractivity contribution >= 4 is 23.8 Å². The van der Waals surface area contributed by atoms with Crippen molar-refractivity contribution in [1.82, 2.24) is 5.32 Å². The number of alkyl halides is 3. The van der Waals surface area contributed by atoms with Crippen LogP contribution < -0.4 is 11.1 Å². The van der Waals surface area contributed by atoms with Crippen molar-refractivity contribution in [1.29, 1.82) is 0 Å². The van der Waals surface area contributed by atoms with Crippen LogP contribution in [0.4, 0.5) is 18.0 Å². The molecule has 4 N–H and O–H groups in total. The summed E-state index contributed by atoms with van der Waals surface area (Å²) in [6, 6.07) is -1.31. The molecule has 0 aliphatic heterocycles. The van der Waals surface area contributed by atoms with E-state index < -0.39 is 30.0 Å². The highest BCUT2D eigenvalue weighted by atomic mass is 32.2. The fourth-order valence-corrected chi connectivity index (χ4v) is 1.47. The Kier molecular flexibility index (Phi) is 5.26. The lowest BCUT2D eigenvalue weighted by Gasteiger charge is -2.13. The van der Waals surface area contributed by atoms with E-state index in [1.165, 1.54) is 0 Å². The summed E-state index contributed by atoms with van der Waals surface area (Å²) in [5.41, 5.74) is 4.78. The van der Waals surface area contributed by atoms with E-state index in [2.05, 4.69) is 0 Å². The molecule has 0 rings (SSSR count). The van der Waals surface area contributed by atoms with Crippen molar-refractivity contribution in [3.8, 4) is 0 Å². The molecule has 0 spiro atoms. The molecular formula is C6H9F3N2O3S. The summed E-state index contributed by atoms with van der Waals surface area (Å²) < 4.78 is 35.1. The molecule has 15 heavy (non-hydrogen) atoms. The van der Waals surface area contributed by atoms with Crippen molar-refractivity contribution in [2.75, 3.05) is 11.5 Å². The number of primary amides is 1. The number of nitrogens with two attached hydrogens (primary N) is 1. The third-order valence-electron chi connectivity index (χ3n) is 1.19. The van der Waals surface area contributed by atoms with Gasteiger partial charge in [-0.15, -0.1) is 11.8 Å². The molecule has 0 aromatic carbocycles. The van der Waals surface area contributed by atoms with Crippen molar-refractivity contribution in [2.45, 2.75) is 12.2 Å². The first-order valence-electron chi connectivity index (χ1n) is 3.65. The molecule has 0 heterocycles. The number of halogens is 3. The number of thioether (sulfide) groups is 1. The molecule has 0 fully saturated rings. The Bertz CT molecular complexity index is 246. The Morgan fingerprint density at radius 2 is 2.00 bits per heavy atom. The van der Waals surface area contributed by atoms with Gasteiger partial charge < -0.3 is 16.2 Å². The van der Waals surface area contributed by atoms with Crippen LogP contribution in [0.5, 0.6) is 0 Å². The quantitative estimate of drug-likeness (QED) is 0.654. The third-order valence-corrected chi connectivity index (χ3v) is 2.29. The minimum Gasteiger partial charge on any atom is -0.465 e. The van der Waals surface area contributed by atoms with Crippen LogP contribution in [0, 0.1) is 0 Å². The average Bonchev–Trinajstić information content (AvgIpc) is 1.99. The van der Waals surface area contributed by atoms with Gasteiger partial charge in [0.15, 0.2) is 0 Å². The van der Waals surface area contributed by atoms with Crippen LogP contribution in [0.25, 0.3) is 0 Å². The Labute approximate surface area is 87.2 Å². The summed E-state index contributed by atoms with van der Waals surface area (Å²) in [6.45, 7) is 0. The maximum absolute atomic E-state index is 11.7. The average molecular weight is 246 g/mol. The molecule has 0 saturated heterocycles. The Balaban J connectivity index is 3.98. The highest BCUT2D eigenvalue weighted by molar-refractivity contribution is 7.99.